The normalized spacial score (nSPS) is 25.2. The fraction of sp³-hybridized carbons (Fsp3) is 0.789. The quantitative estimate of drug-likeness (QED) is 0.0333. The highest BCUT2D eigenvalue weighted by molar-refractivity contribution is 7.48. The molecule has 392 valence electrons. The molecule has 0 aromatic rings. The first kappa shape index (κ1) is 60.6. The van der Waals surface area contributed by atoms with Crippen molar-refractivity contribution < 1.29 is 46.6 Å². The van der Waals surface area contributed by atoms with E-state index in [0.717, 1.165) is 57.8 Å². The molecule has 0 aromatic carbocycles. The molecular weight excluding hydrogens is 876 g/mol. The number of phosphoric ester groups is 1. The van der Waals surface area contributed by atoms with Gasteiger partial charge in [0, 0.05) is 21.3 Å². The van der Waals surface area contributed by atoms with Crippen molar-refractivity contribution in [2.24, 2.45) is 0 Å². The summed E-state index contributed by atoms with van der Waals surface area (Å²) in [5, 5.41) is 0. The lowest BCUT2D eigenvalue weighted by molar-refractivity contribution is -0.247. The molecule has 0 aliphatic heterocycles. The Morgan fingerprint density at radius 2 is 0.559 bits per heavy atom. The van der Waals surface area contributed by atoms with Gasteiger partial charge in [-0.25, -0.2) is 4.57 Å². The minimum Gasteiger partial charge on any atom is -0.347 e. The topological polar surface area (TPSA) is 100 Å². The molecular formula is C57H99O10P. The van der Waals surface area contributed by atoms with Crippen molar-refractivity contribution in [3.8, 4) is 0 Å². The van der Waals surface area contributed by atoms with Crippen molar-refractivity contribution in [3.63, 3.8) is 0 Å². The van der Waals surface area contributed by atoms with E-state index in [2.05, 4.69) is 20.8 Å². The molecule has 3 aliphatic rings. The smallest absolute Gasteiger partial charge is 0.347 e. The van der Waals surface area contributed by atoms with Crippen molar-refractivity contribution in [1.82, 2.24) is 0 Å². The minimum atomic E-state index is -4.64. The molecule has 6 unspecified atom stereocenters. The maximum Gasteiger partial charge on any atom is 0.477 e. The van der Waals surface area contributed by atoms with E-state index >= 15 is 4.57 Å². The third kappa shape index (κ3) is 22.8. The van der Waals surface area contributed by atoms with E-state index < -0.39 is 43.5 Å². The average molecular weight is 975 g/mol. The van der Waals surface area contributed by atoms with Crippen LogP contribution in [0.3, 0.4) is 0 Å². The molecule has 0 bridgehead atoms. The second-order valence-electron chi connectivity index (χ2n) is 19.1. The summed E-state index contributed by atoms with van der Waals surface area (Å²) in [7, 11) is 0.0743. The van der Waals surface area contributed by atoms with Crippen molar-refractivity contribution in [3.05, 3.63) is 72.9 Å². The molecule has 0 radical (unpaired) electrons. The van der Waals surface area contributed by atoms with Gasteiger partial charge in [0.25, 0.3) is 0 Å². The van der Waals surface area contributed by atoms with Gasteiger partial charge in [-0.15, -0.1) is 0 Å². The van der Waals surface area contributed by atoms with E-state index in [9.17, 15) is 0 Å². The highest BCUT2D eigenvalue weighted by Crippen LogP contribution is 2.58. The molecule has 0 N–H and O–H groups in total. The highest BCUT2D eigenvalue weighted by Gasteiger charge is 2.52. The van der Waals surface area contributed by atoms with Crippen molar-refractivity contribution in [1.29, 1.82) is 0 Å². The first-order valence-electron chi connectivity index (χ1n) is 27.6. The van der Waals surface area contributed by atoms with Crippen molar-refractivity contribution in [2.75, 3.05) is 41.2 Å². The third-order valence-electron chi connectivity index (χ3n) is 13.5. The molecule has 3 rings (SSSR count). The predicted molar refractivity (Wildman–Crippen MR) is 280 cm³/mol. The zero-order valence-corrected chi connectivity index (χ0v) is 44.9. The average Bonchev–Trinajstić information content (AvgIpc) is 3.35. The molecule has 0 heterocycles. The zero-order chi connectivity index (χ0) is 48.9. The Kier molecular flexibility index (Phi) is 33.1. The van der Waals surface area contributed by atoms with Gasteiger partial charge in [0.1, 0.15) is 18.3 Å². The maximum atomic E-state index is 15.7. The number of phosphoric acid groups is 1. The van der Waals surface area contributed by atoms with Gasteiger partial charge >= 0.3 is 7.82 Å². The van der Waals surface area contributed by atoms with Crippen LogP contribution in [0.2, 0.25) is 0 Å². The SMILES string of the molecule is CCCCCCCCCCCCOC1(OC)C=CC=CC1OP(=O)(OC1C=CC=CC1(OC)OCCCCCCCCCCCC)OC1C=CC=CC1(OC)OCCCCCCCCCCCC. The molecule has 0 amide bonds. The molecule has 0 saturated carbocycles. The van der Waals surface area contributed by atoms with Crippen LogP contribution in [-0.2, 0) is 46.6 Å². The molecule has 6 atom stereocenters. The van der Waals surface area contributed by atoms with E-state index in [-0.39, 0.29) is 0 Å². The Labute approximate surface area is 416 Å². The van der Waals surface area contributed by atoms with Crippen LogP contribution in [0.4, 0.5) is 0 Å². The summed E-state index contributed by atoms with van der Waals surface area (Å²) in [5.41, 5.74) is 0. The van der Waals surface area contributed by atoms with Crippen LogP contribution >= 0.6 is 7.82 Å². The molecule has 0 fully saturated rings. The number of unbranched alkanes of at least 4 members (excludes halogenated alkanes) is 27. The van der Waals surface area contributed by atoms with Crippen LogP contribution in [0.25, 0.3) is 0 Å². The monoisotopic (exact) mass is 975 g/mol. The summed E-state index contributed by atoms with van der Waals surface area (Å²) in [6.45, 7) is 8.06. The Morgan fingerprint density at radius 3 is 0.779 bits per heavy atom. The Balaban J connectivity index is 1.75. The van der Waals surface area contributed by atoms with Crippen LogP contribution in [0.5, 0.6) is 0 Å². The maximum absolute atomic E-state index is 15.7. The van der Waals surface area contributed by atoms with Gasteiger partial charge in [0.15, 0.2) is 0 Å². The standard InChI is InChI=1S/C57H99O10P/c1-7-10-13-16-19-22-25-28-31-40-49-62-55(59-4)46-37-34-43-52(55)65-68(58,66-53-44-35-38-47-56(53,60-5)63-50-41-32-29-26-23-20-17-14-11-8-2)67-54-45-36-39-48-57(54,61-6)64-51-42-33-30-27-24-21-18-15-12-9-3/h34-39,43-48,52-54H,7-33,40-42,49-51H2,1-6H3. The van der Waals surface area contributed by atoms with Crippen LogP contribution < -0.4 is 0 Å². The summed E-state index contributed by atoms with van der Waals surface area (Å²) in [6.07, 6.45) is 55.1. The van der Waals surface area contributed by atoms with E-state index in [1.807, 2.05) is 36.5 Å². The predicted octanol–water partition coefficient (Wildman–Crippen LogP) is 16.5. The molecule has 0 aromatic heterocycles. The van der Waals surface area contributed by atoms with Crippen LogP contribution in [0.15, 0.2) is 72.9 Å². The molecule has 10 nitrogen and oxygen atoms in total. The number of hydrogen-bond donors (Lipinski definition) is 0. The fourth-order valence-corrected chi connectivity index (χ4v) is 10.8. The molecule has 0 spiro atoms. The van der Waals surface area contributed by atoms with Gasteiger partial charge in [-0.1, -0.05) is 231 Å². The van der Waals surface area contributed by atoms with Crippen LogP contribution in [0.1, 0.15) is 213 Å². The Hall–Kier alpha value is -1.69. The minimum absolute atomic E-state index is 0.430. The van der Waals surface area contributed by atoms with Crippen molar-refractivity contribution >= 4 is 7.82 Å². The first-order valence-corrected chi connectivity index (χ1v) is 29.1. The molecule has 0 saturated heterocycles. The fourth-order valence-electron chi connectivity index (χ4n) is 9.15. The second kappa shape index (κ2) is 37.1. The van der Waals surface area contributed by atoms with Gasteiger partial charge in [-0.2, -0.15) is 0 Å². The van der Waals surface area contributed by atoms with E-state index in [1.54, 1.807) is 57.8 Å². The lowest BCUT2D eigenvalue weighted by atomic mass is 10.0. The lowest BCUT2D eigenvalue weighted by Crippen LogP contribution is -2.50. The largest absolute Gasteiger partial charge is 0.477 e. The van der Waals surface area contributed by atoms with Gasteiger partial charge in [-0.05, 0) is 55.7 Å². The van der Waals surface area contributed by atoms with Crippen molar-refractivity contribution in [2.45, 2.75) is 249 Å². The summed E-state index contributed by atoms with van der Waals surface area (Å²) < 4.78 is 73.5. The summed E-state index contributed by atoms with van der Waals surface area (Å²) in [6, 6.07) is 0. The zero-order valence-electron chi connectivity index (χ0n) is 44.0. The molecule has 3 aliphatic carbocycles. The Bertz CT molecular complexity index is 1320. The third-order valence-corrected chi connectivity index (χ3v) is 15.0. The molecule has 68 heavy (non-hydrogen) atoms. The van der Waals surface area contributed by atoms with Gasteiger partial charge in [-0.3, -0.25) is 13.6 Å². The second-order valence-corrected chi connectivity index (χ2v) is 20.7. The summed E-state index contributed by atoms with van der Waals surface area (Å²) >= 11 is 0. The van der Waals surface area contributed by atoms with E-state index in [4.69, 9.17) is 42.0 Å². The number of allylic oxidation sites excluding steroid dienone is 6. The number of hydrogen-bond acceptors (Lipinski definition) is 10. The van der Waals surface area contributed by atoms with Gasteiger partial charge < -0.3 is 28.4 Å². The number of rotatable bonds is 45. The number of methoxy groups -OCH3 is 3. The number of ether oxygens (including phenoxy) is 6. The lowest BCUT2D eigenvalue weighted by Gasteiger charge is -2.42. The van der Waals surface area contributed by atoms with Gasteiger partial charge in [0.05, 0.1) is 19.8 Å². The van der Waals surface area contributed by atoms with E-state index in [0.29, 0.717) is 19.8 Å². The van der Waals surface area contributed by atoms with Gasteiger partial charge in [0.2, 0.25) is 17.4 Å². The first-order chi connectivity index (χ1) is 33.3. The summed E-state index contributed by atoms with van der Waals surface area (Å²) in [5.74, 6) is -4.18. The van der Waals surface area contributed by atoms with E-state index in [1.165, 1.54) is 135 Å². The van der Waals surface area contributed by atoms with Crippen LogP contribution in [-0.4, -0.2) is 76.8 Å². The van der Waals surface area contributed by atoms with Crippen LogP contribution in [0, 0.1) is 0 Å². The highest BCUT2D eigenvalue weighted by atomic mass is 31.2. The summed E-state index contributed by atoms with van der Waals surface area (Å²) in [4.78, 5) is 0. The Morgan fingerprint density at radius 1 is 0.338 bits per heavy atom. The molecule has 11 heteroatoms.